The second-order valence-electron chi connectivity index (χ2n) is 10.3. The van der Waals surface area contributed by atoms with Crippen LogP contribution in [0.3, 0.4) is 0 Å². The maximum Gasteiger partial charge on any atom is 0.258 e. The van der Waals surface area contributed by atoms with Gasteiger partial charge in [-0.1, -0.05) is 37.3 Å². The molecule has 5 rings (SSSR count). The van der Waals surface area contributed by atoms with E-state index in [-0.39, 0.29) is 5.54 Å². The molecule has 1 amide bonds. The minimum Gasteiger partial charge on any atom is -0.369 e. The van der Waals surface area contributed by atoms with Crippen LogP contribution in [0.4, 0.5) is 24.5 Å². The zero-order chi connectivity index (χ0) is 26.0. The number of carbonyl (C=O) groups excluding carboxylic acids is 1. The Bertz CT molecular complexity index is 1250. The Balaban J connectivity index is 1.38. The molecular formula is C30H32F3N3O. The zero-order valence-corrected chi connectivity index (χ0v) is 21.0. The summed E-state index contributed by atoms with van der Waals surface area (Å²) in [7, 11) is 0. The van der Waals surface area contributed by atoms with Gasteiger partial charge in [-0.15, -0.1) is 0 Å². The van der Waals surface area contributed by atoms with E-state index in [0.717, 1.165) is 57.4 Å². The summed E-state index contributed by atoms with van der Waals surface area (Å²) in [5.41, 5.74) is 2.19. The topological polar surface area (TPSA) is 35.6 Å². The lowest BCUT2D eigenvalue weighted by atomic mass is 9.71. The molecule has 2 aliphatic rings. The largest absolute Gasteiger partial charge is 0.369 e. The normalized spacial score (nSPS) is 22.6. The van der Waals surface area contributed by atoms with E-state index >= 15 is 0 Å². The number of benzene rings is 3. The van der Waals surface area contributed by atoms with Crippen LogP contribution < -0.4 is 10.2 Å². The first-order chi connectivity index (χ1) is 17.9. The summed E-state index contributed by atoms with van der Waals surface area (Å²) in [5, 5.41) is 2.69. The fraction of sp³-hybridized carbons (Fsp3) is 0.367. The van der Waals surface area contributed by atoms with E-state index in [9.17, 15) is 18.0 Å². The Morgan fingerprint density at radius 2 is 1.51 bits per heavy atom. The van der Waals surface area contributed by atoms with Crippen LogP contribution in [0.1, 0.15) is 48.5 Å². The SMILES string of the molecule is CC1CCC(c2cccc(NC(=O)c3cc(F)c(F)cc3F)c2)(N2CCN(c3ccccc3)CC2)CC1. The Morgan fingerprint density at radius 3 is 2.22 bits per heavy atom. The fourth-order valence-corrected chi connectivity index (χ4v) is 5.84. The summed E-state index contributed by atoms with van der Waals surface area (Å²) in [6, 6.07) is 19.2. The van der Waals surface area contributed by atoms with Gasteiger partial charge in [-0.05, 0) is 67.5 Å². The van der Waals surface area contributed by atoms with Crippen LogP contribution >= 0.6 is 0 Å². The third-order valence-corrected chi connectivity index (χ3v) is 8.02. The summed E-state index contributed by atoms with van der Waals surface area (Å²) in [4.78, 5) is 17.7. The van der Waals surface area contributed by atoms with Crippen molar-refractivity contribution in [2.24, 2.45) is 5.92 Å². The molecule has 194 valence electrons. The summed E-state index contributed by atoms with van der Waals surface area (Å²) >= 11 is 0. The maximum atomic E-state index is 14.2. The van der Waals surface area contributed by atoms with Gasteiger partial charge in [0.15, 0.2) is 11.6 Å². The summed E-state index contributed by atoms with van der Waals surface area (Å²) in [5.74, 6) is -3.82. The molecule has 0 aromatic heterocycles. The molecule has 1 heterocycles. The van der Waals surface area contributed by atoms with E-state index in [4.69, 9.17) is 0 Å². The van der Waals surface area contributed by atoms with Crippen LogP contribution in [0.15, 0.2) is 66.7 Å². The molecule has 1 aliphatic heterocycles. The van der Waals surface area contributed by atoms with Crippen molar-refractivity contribution in [3.63, 3.8) is 0 Å². The molecule has 0 unspecified atom stereocenters. The highest BCUT2D eigenvalue weighted by atomic mass is 19.2. The number of para-hydroxylation sites is 1. The third-order valence-electron chi connectivity index (χ3n) is 8.02. The second kappa shape index (κ2) is 10.6. The number of carbonyl (C=O) groups is 1. The lowest BCUT2D eigenvalue weighted by molar-refractivity contribution is 0.0299. The molecule has 0 atom stereocenters. The summed E-state index contributed by atoms with van der Waals surface area (Å²) in [6.45, 7) is 6.03. The second-order valence-corrected chi connectivity index (χ2v) is 10.3. The Labute approximate surface area is 216 Å². The average Bonchev–Trinajstić information content (AvgIpc) is 2.92. The van der Waals surface area contributed by atoms with Gasteiger partial charge in [-0.2, -0.15) is 0 Å². The first-order valence-electron chi connectivity index (χ1n) is 13.0. The molecule has 3 aromatic rings. The highest BCUT2D eigenvalue weighted by molar-refractivity contribution is 6.04. The smallest absolute Gasteiger partial charge is 0.258 e. The number of nitrogens with zero attached hydrogens (tertiary/aromatic N) is 2. The minimum absolute atomic E-state index is 0.150. The molecule has 0 bridgehead atoms. The molecule has 3 aromatic carbocycles. The quantitative estimate of drug-likeness (QED) is 0.396. The number of anilines is 2. The van der Waals surface area contributed by atoms with Gasteiger partial charge in [0.25, 0.3) is 5.91 Å². The average molecular weight is 508 g/mol. The van der Waals surface area contributed by atoms with Crippen molar-refractivity contribution in [1.82, 2.24) is 4.90 Å². The van der Waals surface area contributed by atoms with Gasteiger partial charge in [0.1, 0.15) is 5.82 Å². The van der Waals surface area contributed by atoms with Crippen molar-refractivity contribution in [3.05, 3.63) is 95.3 Å². The third kappa shape index (κ3) is 5.23. The van der Waals surface area contributed by atoms with Crippen LogP contribution in [-0.4, -0.2) is 37.0 Å². The molecule has 1 saturated heterocycles. The Kier molecular flexibility index (Phi) is 7.24. The minimum atomic E-state index is -1.32. The van der Waals surface area contributed by atoms with E-state index in [2.05, 4.69) is 52.4 Å². The molecule has 0 radical (unpaired) electrons. The van der Waals surface area contributed by atoms with Crippen molar-refractivity contribution in [1.29, 1.82) is 0 Å². The van der Waals surface area contributed by atoms with Crippen LogP contribution in [0.2, 0.25) is 0 Å². The van der Waals surface area contributed by atoms with Crippen molar-refractivity contribution in [2.45, 2.75) is 38.1 Å². The molecule has 37 heavy (non-hydrogen) atoms. The summed E-state index contributed by atoms with van der Waals surface area (Å²) < 4.78 is 41.2. The number of nitrogens with one attached hydrogen (secondary N) is 1. The lowest BCUT2D eigenvalue weighted by Gasteiger charge is -2.51. The van der Waals surface area contributed by atoms with Gasteiger partial charge in [-0.3, -0.25) is 9.69 Å². The molecule has 1 N–H and O–H groups in total. The molecule has 4 nitrogen and oxygen atoms in total. The number of piperazine rings is 1. The molecule has 1 saturated carbocycles. The first-order valence-corrected chi connectivity index (χ1v) is 13.0. The number of amides is 1. The molecule has 7 heteroatoms. The van der Waals surface area contributed by atoms with E-state index < -0.39 is 28.9 Å². The van der Waals surface area contributed by atoms with Gasteiger partial charge in [0.05, 0.1) is 5.56 Å². The summed E-state index contributed by atoms with van der Waals surface area (Å²) in [6.07, 6.45) is 4.29. The van der Waals surface area contributed by atoms with Gasteiger partial charge < -0.3 is 10.2 Å². The Morgan fingerprint density at radius 1 is 0.838 bits per heavy atom. The van der Waals surface area contributed by atoms with Crippen LogP contribution in [0.5, 0.6) is 0 Å². The van der Waals surface area contributed by atoms with E-state index in [1.165, 1.54) is 5.69 Å². The van der Waals surface area contributed by atoms with Gasteiger partial charge in [0.2, 0.25) is 0 Å². The first kappa shape index (κ1) is 25.3. The van der Waals surface area contributed by atoms with Crippen molar-refractivity contribution in [2.75, 3.05) is 36.4 Å². The van der Waals surface area contributed by atoms with Gasteiger partial charge >= 0.3 is 0 Å². The fourth-order valence-electron chi connectivity index (χ4n) is 5.84. The van der Waals surface area contributed by atoms with Crippen LogP contribution in [-0.2, 0) is 5.54 Å². The molecule has 2 fully saturated rings. The predicted molar refractivity (Wildman–Crippen MR) is 140 cm³/mol. The van der Waals surface area contributed by atoms with Crippen LogP contribution in [0.25, 0.3) is 0 Å². The monoisotopic (exact) mass is 507 g/mol. The maximum absolute atomic E-state index is 14.2. The van der Waals surface area contributed by atoms with Crippen LogP contribution in [0, 0.1) is 23.4 Å². The van der Waals surface area contributed by atoms with Crippen molar-refractivity contribution >= 4 is 17.3 Å². The molecular weight excluding hydrogens is 475 g/mol. The number of rotatable bonds is 5. The molecule has 1 aliphatic carbocycles. The van der Waals surface area contributed by atoms with Gasteiger partial charge in [-0.25, -0.2) is 13.2 Å². The standard InChI is InChI=1S/C30H32F3N3O/c1-21-10-12-30(13-11-21,36-16-14-35(15-17-36)24-8-3-2-4-9-24)22-6-5-7-23(18-22)34-29(37)25-19-27(32)28(33)20-26(25)31/h2-9,18-21H,10-17H2,1H3,(H,34,37). The predicted octanol–water partition coefficient (Wildman–Crippen LogP) is 6.58. The van der Waals surface area contributed by atoms with Gasteiger partial charge in [0, 0.05) is 49.2 Å². The number of halogens is 3. The number of hydrogen-bond acceptors (Lipinski definition) is 3. The Hall–Kier alpha value is -3.32. The van der Waals surface area contributed by atoms with E-state index in [0.29, 0.717) is 23.7 Å². The lowest BCUT2D eigenvalue weighted by Crippen LogP contribution is -2.56. The molecule has 0 spiro atoms. The highest BCUT2D eigenvalue weighted by Crippen LogP contribution is 2.45. The number of hydrogen-bond donors (Lipinski definition) is 1. The van der Waals surface area contributed by atoms with Crippen molar-refractivity contribution < 1.29 is 18.0 Å². The van der Waals surface area contributed by atoms with E-state index in [1.54, 1.807) is 6.07 Å². The zero-order valence-electron chi connectivity index (χ0n) is 21.0. The van der Waals surface area contributed by atoms with Crippen molar-refractivity contribution in [3.8, 4) is 0 Å². The highest BCUT2D eigenvalue weighted by Gasteiger charge is 2.42. The van der Waals surface area contributed by atoms with E-state index in [1.807, 2.05) is 18.2 Å².